The molecule has 0 aromatic carbocycles. The molecule has 1 rings (SSSR count). The maximum atomic E-state index is 2.92. The minimum absolute atomic E-state index is 0.00479. The molecule has 0 nitrogen and oxygen atoms in total. The largest absolute Gasteiger partial charge is 0.0750 e. The van der Waals surface area contributed by atoms with Crippen molar-refractivity contribution in [3.05, 3.63) is 0 Å². The molecule has 0 aromatic rings. The molecule has 108 valence electrons. The molecule has 0 aliphatic carbocycles. The van der Waals surface area contributed by atoms with Gasteiger partial charge in [-0.15, -0.1) is 0 Å². The first-order valence-electron chi connectivity index (χ1n) is 8.54. The van der Waals surface area contributed by atoms with Gasteiger partial charge in [0.2, 0.25) is 0 Å². The molecular weight excluding hydrogens is 393 g/mol. The zero-order valence-corrected chi connectivity index (χ0v) is 29.5. The Morgan fingerprint density at radius 2 is 1.83 bits per heavy atom. The lowest BCUT2D eigenvalue weighted by Gasteiger charge is -2.29. The van der Waals surface area contributed by atoms with Crippen LogP contribution in [0.2, 0.25) is 41.3 Å². The van der Waals surface area contributed by atoms with Crippen LogP contribution in [0.1, 0.15) is 0 Å². The van der Waals surface area contributed by atoms with Gasteiger partial charge in [-0.2, -0.15) is 0 Å². The third-order valence-electron chi connectivity index (χ3n) is 5.56. The summed E-state index contributed by atoms with van der Waals surface area (Å²) in [6.07, 6.45) is 0. The molecule has 1 fully saturated rings. The quantitative estimate of drug-likeness (QED) is 0.382. The van der Waals surface area contributed by atoms with Crippen molar-refractivity contribution in [2.75, 3.05) is 0 Å². The van der Waals surface area contributed by atoms with Crippen LogP contribution in [0.15, 0.2) is 0 Å². The van der Waals surface area contributed by atoms with E-state index in [1.54, 1.807) is 30.8 Å². The maximum absolute atomic E-state index is 2.92. The van der Waals surface area contributed by atoms with Gasteiger partial charge in [0.1, 0.15) is 0 Å². The molecular formula is C7H36Si11. The summed E-state index contributed by atoms with van der Waals surface area (Å²) in [7, 11) is 7.41. The zero-order chi connectivity index (χ0) is 13.5. The van der Waals surface area contributed by atoms with E-state index in [1.165, 1.54) is 0 Å². The highest BCUT2D eigenvalue weighted by Crippen LogP contribution is 2.15. The fraction of sp³-hybridized carbons (Fsp3) is 1.00. The van der Waals surface area contributed by atoms with Crippen LogP contribution in [0, 0.1) is 0 Å². The lowest BCUT2D eigenvalue weighted by Crippen LogP contribution is -2.54. The second-order valence-electron chi connectivity index (χ2n) is 7.33. The first-order valence-corrected chi connectivity index (χ1v) is 40.9. The molecule has 1 aliphatic rings. The van der Waals surface area contributed by atoms with Crippen LogP contribution in [-0.2, 0) is 0 Å². The molecule has 0 aromatic heterocycles. The summed E-state index contributed by atoms with van der Waals surface area (Å²) < 4.78 is 0. The molecule has 0 N–H and O–H groups in total. The number of hydrogen-bond acceptors (Lipinski definition) is 0. The van der Waals surface area contributed by atoms with Gasteiger partial charge in [0.05, 0.1) is 0 Å². The van der Waals surface area contributed by atoms with E-state index in [0.717, 1.165) is 25.7 Å². The molecule has 0 amide bonds. The van der Waals surface area contributed by atoms with Gasteiger partial charge in [-0.1, -0.05) is 41.3 Å². The first-order chi connectivity index (χ1) is 8.54. The van der Waals surface area contributed by atoms with Gasteiger partial charge in [-0.05, 0) is 33.0 Å². The Morgan fingerprint density at radius 1 is 1.17 bits per heavy atom. The highest BCUT2D eigenvalue weighted by Gasteiger charge is 2.26. The van der Waals surface area contributed by atoms with Crippen molar-refractivity contribution in [3.63, 3.8) is 0 Å². The molecule has 18 heavy (non-hydrogen) atoms. The lowest BCUT2D eigenvalue weighted by molar-refractivity contribution is 1.24. The normalized spacial score (nSPS) is 41.2. The summed E-state index contributed by atoms with van der Waals surface area (Å²) in [4.78, 5) is 0. The van der Waals surface area contributed by atoms with E-state index < -0.39 is 0 Å². The monoisotopic (exact) mass is 428 g/mol. The van der Waals surface area contributed by atoms with Crippen LogP contribution in [0.4, 0.5) is 0 Å². The SMILES string of the molecule is C[SiH2]C[SiH](C)C[SiH](C)[SiH]1[SiH2][SiH2][SiH2]C([SiH3])C([SiH3])[SiH2][SiH2]1. The minimum atomic E-state index is -0.125. The third kappa shape index (κ3) is 6.90. The molecule has 0 saturated carbocycles. The van der Waals surface area contributed by atoms with Crippen LogP contribution in [0.5, 0.6) is 0 Å². The Morgan fingerprint density at radius 3 is 2.50 bits per heavy atom. The van der Waals surface area contributed by atoms with Gasteiger partial charge in [-0.25, -0.2) is 0 Å². The average molecular weight is 429 g/mol. The fourth-order valence-electron chi connectivity index (χ4n) is 3.90. The lowest BCUT2D eigenvalue weighted by atomic mass is 10.9. The van der Waals surface area contributed by atoms with Crippen LogP contribution in [-0.4, -0.2) is 98.2 Å². The van der Waals surface area contributed by atoms with Crippen molar-refractivity contribution < 1.29 is 0 Å². The van der Waals surface area contributed by atoms with Gasteiger partial charge in [0.25, 0.3) is 0 Å². The Labute approximate surface area is 138 Å². The van der Waals surface area contributed by atoms with E-state index >= 15 is 0 Å². The standard InChI is InChI=1S/C7H36Si11/c1-10-4-16(2)5-17(3)18-14-12-7(9)6(8)11-13-15-18/h6-7,16-18H,4-5,10-15H2,1-3,8-9H3. The van der Waals surface area contributed by atoms with Crippen molar-refractivity contribution in [2.45, 2.75) is 41.3 Å². The van der Waals surface area contributed by atoms with E-state index in [0.29, 0.717) is 27.6 Å². The van der Waals surface area contributed by atoms with Crippen LogP contribution < -0.4 is 0 Å². The zero-order valence-electron chi connectivity index (χ0n) is 13.5. The predicted molar refractivity (Wildman–Crippen MR) is 127 cm³/mol. The second-order valence-corrected chi connectivity index (χ2v) is 77.5. The second kappa shape index (κ2) is 10.2. The van der Waals surface area contributed by atoms with Crippen molar-refractivity contribution in [1.82, 2.24) is 0 Å². The molecule has 0 radical (unpaired) electrons. The van der Waals surface area contributed by atoms with Gasteiger partial charge in [0.15, 0.2) is 0 Å². The molecule has 5 atom stereocenters. The maximum Gasteiger partial charge on any atom is 0.0274 e. The first kappa shape index (κ1) is 18.4. The molecule has 0 spiro atoms. The van der Waals surface area contributed by atoms with E-state index in [9.17, 15) is 0 Å². The van der Waals surface area contributed by atoms with Crippen molar-refractivity contribution in [2.24, 2.45) is 0 Å². The molecule has 11 heteroatoms. The Bertz CT molecular complexity index is 225. The van der Waals surface area contributed by atoms with Crippen molar-refractivity contribution in [3.8, 4) is 0 Å². The summed E-state index contributed by atoms with van der Waals surface area (Å²) in [5.41, 5.74) is 3.81. The topological polar surface area (TPSA) is 0 Å². The van der Waals surface area contributed by atoms with Gasteiger partial charge in [0, 0.05) is 65.2 Å². The average Bonchev–Trinajstić information content (AvgIpc) is 2.30. The van der Waals surface area contributed by atoms with Crippen LogP contribution in [0.3, 0.4) is 0 Å². The van der Waals surface area contributed by atoms with E-state index in [2.05, 4.69) is 19.6 Å². The van der Waals surface area contributed by atoms with Gasteiger partial charge in [-0.3, -0.25) is 0 Å². The minimum Gasteiger partial charge on any atom is -0.0750 e. The Kier molecular flexibility index (Phi) is 10.4. The van der Waals surface area contributed by atoms with Crippen LogP contribution >= 0.6 is 0 Å². The summed E-state index contributed by atoms with van der Waals surface area (Å²) in [6, 6.07) is 0. The fourth-order valence-corrected chi connectivity index (χ4v) is 256. The molecule has 5 unspecified atom stereocenters. The third-order valence-corrected chi connectivity index (χ3v) is 152. The van der Waals surface area contributed by atoms with Crippen molar-refractivity contribution >= 4 is 98.2 Å². The number of rotatable bonds is 5. The molecule has 1 aliphatic heterocycles. The summed E-state index contributed by atoms with van der Waals surface area (Å²) in [5, 5.41) is 3.09. The van der Waals surface area contributed by atoms with E-state index in [1.807, 2.05) is 11.3 Å². The summed E-state index contributed by atoms with van der Waals surface area (Å²) in [5.74, 6) is 0. The van der Waals surface area contributed by atoms with Gasteiger partial charge >= 0.3 is 0 Å². The highest BCUT2D eigenvalue weighted by atomic mass is 30.1. The van der Waals surface area contributed by atoms with E-state index in [-0.39, 0.29) is 24.5 Å². The number of hydrogen-bond donors (Lipinski definition) is 0. The Balaban J connectivity index is 2.39. The Hall–Kier alpha value is 2.39. The summed E-state index contributed by atoms with van der Waals surface area (Å²) in [6.45, 7) is 8.24. The smallest absolute Gasteiger partial charge is 0.0274 e. The summed E-state index contributed by atoms with van der Waals surface area (Å²) >= 11 is 0. The molecule has 0 bridgehead atoms. The predicted octanol–water partition coefficient (Wildman–Crippen LogP) is -6.46. The van der Waals surface area contributed by atoms with Crippen molar-refractivity contribution in [1.29, 1.82) is 0 Å². The van der Waals surface area contributed by atoms with E-state index in [4.69, 9.17) is 0 Å². The molecule has 1 saturated heterocycles. The highest BCUT2D eigenvalue weighted by molar-refractivity contribution is 7.80. The van der Waals surface area contributed by atoms with Crippen LogP contribution in [0.25, 0.3) is 0 Å². The van der Waals surface area contributed by atoms with Gasteiger partial charge < -0.3 is 0 Å². The molecule has 1 heterocycles.